The van der Waals surface area contributed by atoms with Crippen molar-refractivity contribution in [3.63, 3.8) is 0 Å². The lowest BCUT2D eigenvalue weighted by atomic mass is 10.0. The molecule has 1 atom stereocenters. The number of likely N-dealkylation sites (tertiary alicyclic amines) is 1. The third-order valence-electron chi connectivity index (χ3n) is 3.92. The van der Waals surface area contributed by atoms with Crippen LogP contribution >= 0.6 is 0 Å². The maximum atomic E-state index is 12.1. The Hall–Kier alpha value is -1.59. The second-order valence-electron chi connectivity index (χ2n) is 5.61. The van der Waals surface area contributed by atoms with Crippen LogP contribution in [-0.2, 0) is 14.4 Å². The summed E-state index contributed by atoms with van der Waals surface area (Å²) in [6.45, 7) is 1.02. The van der Waals surface area contributed by atoms with Gasteiger partial charge in [-0.25, -0.2) is 4.79 Å². The molecule has 1 aliphatic heterocycles. The summed E-state index contributed by atoms with van der Waals surface area (Å²) in [6, 6.07) is -0.669. The number of carbonyl (C=O) groups excluding carboxylic acids is 2. The van der Waals surface area contributed by atoms with Crippen molar-refractivity contribution in [2.45, 2.75) is 51.0 Å². The van der Waals surface area contributed by atoms with Gasteiger partial charge < -0.3 is 15.3 Å². The SMILES string of the molecule is O=C(NCCCC(=O)N1CCCCC1C(=O)O)C1CC1. The van der Waals surface area contributed by atoms with Gasteiger partial charge in [0.1, 0.15) is 6.04 Å². The van der Waals surface area contributed by atoms with E-state index in [-0.39, 0.29) is 17.7 Å². The number of amides is 2. The van der Waals surface area contributed by atoms with E-state index in [0.29, 0.717) is 32.4 Å². The lowest BCUT2D eigenvalue weighted by Crippen LogP contribution is -2.48. The molecule has 1 unspecified atom stereocenters. The number of carbonyl (C=O) groups is 3. The van der Waals surface area contributed by atoms with Crippen LogP contribution in [0.4, 0.5) is 0 Å². The maximum absolute atomic E-state index is 12.1. The van der Waals surface area contributed by atoms with Crippen molar-refractivity contribution in [3.8, 4) is 0 Å². The van der Waals surface area contributed by atoms with Crippen LogP contribution < -0.4 is 5.32 Å². The fourth-order valence-corrected chi connectivity index (χ4v) is 2.57. The first kappa shape index (κ1) is 14.8. The van der Waals surface area contributed by atoms with Crippen molar-refractivity contribution in [1.82, 2.24) is 10.2 Å². The fraction of sp³-hybridized carbons (Fsp3) is 0.786. The number of aliphatic carboxylic acids is 1. The van der Waals surface area contributed by atoms with E-state index in [2.05, 4.69) is 5.32 Å². The summed E-state index contributed by atoms with van der Waals surface area (Å²) >= 11 is 0. The summed E-state index contributed by atoms with van der Waals surface area (Å²) < 4.78 is 0. The van der Waals surface area contributed by atoms with Crippen LogP contribution in [0.5, 0.6) is 0 Å². The molecule has 0 spiro atoms. The van der Waals surface area contributed by atoms with Crippen LogP contribution in [0.15, 0.2) is 0 Å². The minimum absolute atomic E-state index is 0.0823. The predicted molar refractivity (Wildman–Crippen MR) is 72.0 cm³/mol. The smallest absolute Gasteiger partial charge is 0.326 e. The highest BCUT2D eigenvalue weighted by molar-refractivity contribution is 5.84. The molecule has 0 aromatic rings. The lowest BCUT2D eigenvalue weighted by Gasteiger charge is -2.33. The van der Waals surface area contributed by atoms with Crippen molar-refractivity contribution in [3.05, 3.63) is 0 Å². The number of piperidine rings is 1. The normalized spacial score (nSPS) is 22.4. The molecule has 1 heterocycles. The van der Waals surface area contributed by atoms with Crippen molar-refractivity contribution < 1.29 is 19.5 Å². The van der Waals surface area contributed by atoms with Crippen LogP contribution in [0.2, 0.25) is 0 Å². The number of hydrogen-bond donors (Lipinski definition) is 2. The van der Waals surface area contributed by atoms with Gasteiger partial charge in [-0.3, -0.25) is 9.59 Å². The number of hydrogen-bond acceptors (Lipinski definition) is 3. The van der Waals surface area contributed by atoms with Gasteiger partial charge in [0.15, 0.2) is 0 Å². The molecule has 6 heteroatoms. The Morgan fingerprint density at radius 3 is 2.55 bits per heavy atom. The average Bonchev–Trinajstić information content (AvgIpc) is 3.27. The highest BCUT2D eigenvalue weighted by Crippen LogP contribution is 2.28. The van der Waals surface area contributed by atoms with Crippen LogP contribution in [0.3, 0.4) is 0 Å². The van der Waals surface area contributed by atoms with Gasteiger partial charge in [-0.15, -0.1) is 0 Å². The second-order valence-corrected chi connectivity index (χ2v) is 5.61. The van der Waals surface area contributed by atoms with E-state index in [1.54, 1.807) is 0 Å². The quantitative estimate of drug-likeness (QED) is 0.704. The minimum atomic E-state index is -0.917. The molecule has 0 bridgehead atoms. The zero-order valence-electron chi connectivity index (χ0n) is 11.6. The van der Waals surface area contributed by atoms with Crippen molar-refractivity contribution in [2.75, 3.05) is 13.1 Å². The number of carboxylic acids is 1. The average molecular weight is 282 g/mol. The molecule has 1 saturated heterocycles. The van der Waals surface area contributed by atoms with Gasteiger partial charge in [0, 0.05) is 25.4 Å². The molecule has 1 saturated carbocycles. The maximum Gasteiger partial charge on any atom is 0.326 e. The molecule has 112 valence electrons. The monoisotopic (exact) mass is 282 g/mol. The molecular formula is C14H22N2O4. The Kier molecular flexibility index (Phi) is 4.98. The van der Waals surface area contributed by atoms with E-state index in [1.807, 2.05) is 0 Å². The topological polar surface area (TPSA) is 86.7 Å². The van der Waals surface area contributed by atoms with E-state index in [4.69, 9.17) is 5.11 Å². The number of rotatable bonds is 6. The molecular weight excluding hydrogens is 260 g/mol. The van der Waals surface area contributed by atoms with E-state index in [0.717, 1.165) is 25.7 Å². The third kappa shape index (κ3) is 3.95. The summed E-state index contributed by atoms with van der Waals surface area (Å²) in [7, 11) is 0. The molecule has 0 aromatic heterocycles. The Labute approximate surface area is 118 Å². The van der Waals surface area contributed by atoms with E-state index in [9.17, 15) is 14.4 Å². The lowest BCUT2D eigenvalue weighted by molar-refractivity contribution is -0.152. The summed E-state index contributed by atoms with van der Waals surface area (Å²) in [5, 5.41) is 11.9. The number of nitrogens with zero attached hydrogens (tertiary/aromatic N) is 1. The van der Waals surface area contributed by atoms with Gasteiger partial charge >= 0.3 is 5.97 Å². The molecule has 2 aliphatic rings. The van der Waals surface area contributed by atoms with Crippen LogP contribution in [0.25, 0.3) is 0 Å². The van der Waals surface area contributed by atoms with Crippen molar-refractivity contribution in [2.24, 2.45) is 5.92 Å². The summed E-state index contributed by atoms with van der Waals surface area (Å²) in [5.41, 5.74) is 0. The van der Waals surface area contributed by atoms with Gasteiger partial charge in [-0.05, 0) is 38.5 Å². The zero-order valence-corrected chi connectivity index (χ0v) is 11.6. The van der Waals surface area contributed by atoms with E-state index >= 15 is 0 Å². The van der Waals surface area contributed by atoms with Crippen LogP contribution in [0.1, 0.15) is 44.9 Å². The first-order valence-electron chi connectivity index (χ1n) is 7.39. The zero-order chi connectivity index (χ0) is 14.5. The molecule has 2 N–H and O–H groups in total. The Balaban J connectivity index is 1.69. The second kappa shape index (κ2) is 6.72. The fourth-order valence-electron chi connectivity index (χ4n) is 2.57. The van der Waals surface area contributed by atoms with Crippen LogP contribution in [0, 0.1) is 5.92 Å². The molecule has 1 aliphatic carbocycles. The summed E-state index contributed by atoms with van der Waals surface area (Å²) in [6.07, 6.45) is 5.08. The number of nitrogens with one attached hydrogen (secondary N) is 1. The van der Waals surface area contributed by atoms with Crippen molar-refractivity contribution >= 4 is 17.8 Å². The standard InChI is InChI=1S/C14H22N2O4/c17-12(5-3-8-15-13(18)10-6-7-10)16-9-2-1-4-11(16)14(19)20/h10-11H,1-9H2,(H,15,18)(H,19,20). The van der Waals surface area contributed by atoms with E-state index < -0.39 is 12.0 Å². The molecule has 20 heavy (non-hydrogen) atoms. The highest BCUT2D eigenvalue weighted by atomic mass is 16.4. The van der Waals surface area contributed by atoms with Crippen LogP contribution in [-0.4, -0.2) is 46.9 Å². The molecule has 2 rings (SSSR count). The van der Waals surface area contributed by atoms with Gasteiger partial charge in [0.25, 0.3) is 0 Å². The molecule has 6 nitrogen and oxygen atoms in total. The largest absolute Gasteiger partial charge is 0.480 e. The first-order chi connectivity index (χ1) is 9.59. The molecule has 2 fully saturated rings. The van der Waals surface area contributed by atoms with Gasteiger partial charge in [-0.2, -0.15) is 0 Å². The van der Waals surface area contributed by atoms with Gasteiger partial charge in [0.05, 0.1) is 0 Å². The van der Waals surface area contributed by atoms with Gasteiger partial charge in [0.2, 0.25) is 11.8 Å². The third-order valence-corrected chi connectivity index (χ3v) is 3.92. The van der Waals surface area contributed by atoms with Crippen molar-refractivity contribution in [1.29, 1.82) is 0 Å². The summed E-state index contributed by atoms with van der Waals surface area (Å²) in [5.74, 6) is -0.763. The van der Waals surface area contributed by atoms with Gasteiger partial charge in [-0.1, -0.05) is 0 Å². The highest BCUT2D eigenvalue weighted by Gasteiger charge is 2.31. The Morgan fingerprint density at radius 1 is 1.15 bits per heavy atom. The molecule has 0 radical (unpaired) electrons. The predicted octanol–water partition coefficient (Wildman–Crippen LogP) is 0.758. The molecule has 2 amide bonds. The number of carboxylic acid groups (broad SMARTS) is 1. The minimum Gasteiger partial charge on any atom is -0.480 e. The first-order valence-corrected chi connectivity index (χ1v) is 7.39. The Morgan fingerprint density at radius 2 is 1.90 bits per heavy atom. The Bertz CT molecular complexity index is 393. The van der Waals surface area contributed by atoms with E-state index in [1.165, 1.54) is 4.90 Å². The molecule has 0 aromatic carbocycles. The summed E-state index contributed by atoms with van der Waals surface area (Å²) in [4.78, 5) is 36.1.